The molecule has 3 heterocycles. The van der Waals surface area contributed by atoms with Crippen molar-refractivity contribution in [1.29, 1.82) is 0 Å². The van der Waals surface area contributed by atoms with Crippen molar-refractivity contribution in [2.45, 2.75) is 76.7 Å². The summed E-state index contributed by atoms with van der Waals surface area (Å²) >= 11 is 0. The van der Waals surface area contributed by atoms with E-state index in [-0.39, 0.29) is 68.1 Å². The molecule has 1 amide bonds. The van der Waals surface area contributed by atoms with Gasteiger partial charge in [0.1, 0.15) is 11.5 Å². The zero-order valence-corrected chi connectivity index (χ0v) is 34.3. The van der Waals surface area contributed by atoms with E-state index in [1.165, 1.54) is 55.3 Å². The van der Waals surface area contributed by atoms with Gasteiger partial charge >= 0.3 is 12.2 Å². The quantitative estimate of drug-likeness (QED) is 0.0466. The second-order valence-corrected chi connectivity index (χ2v) is 15.7. The van der Waals surface area contributed by atoms with Gasteiger partial charge in [-0.05, 0) is 67.1 Å². The average molecular weight is 848 g/mol. The van der Waals surface area contributed by atoms with Crippen LogP contribution in [-0.2, 0) is 30.7 Å². The number of nitrogens with zero attached hydrogens (tertiary/aromatic N) is 2. The fraction of sp³-hybridized carbons (Fsp3) is 0.500. The lowest BCUT2D eigenvalue weighted by Gasteiger charge is -2.30. The molecule has 2 atom stereocenters. The summed E-state index contributed by atoms with van der Waals surface area (Å²) in [6.07, 6.45) is -0.764. The number of fused-ring (bicyclic) bond motifs is 2. The molecule has 3 aliphatic rings. The number of benzene rings is 3. The number of carbonyl (C=O) groups excluding carboxylic acids is 1. The Morgan fingerprint density at radius 2 is 1.58 bits per heavy atom. The molecule has 59 heavy (non-hydrogen) atoms. The third kappa shape index (κ3) is 14.2. The van der Waals surface area contributed by atoms with Crippen molar-refractivity contribution in [3.63, 3.8) is 0 Å². The van der Waals surface area contributed by atoms with E-state index in [1.807, 2.05) is 27.7 Å². The third-order valence-corrected chi connectivity index (χ3v) is 10.9. The fourth-order valence-corrected chi connectivity index (χ4v) is 7.83. The largest absolute Gasteiger partial charge is 0.513 e. The van der Waals surface area contributed by atoms with Crippen LogP contribution in [0.3, 0.4) is 0 Å². The molecule has 18 nitrogen and oxygen atoms in total. The van der Waals surface area contributed by atoms with Crippen molar-refractivity contribution in [3.8, 4) is 23.0 Å². The smallest absolute Gasteiger partial charge is 0.493 e. The van der Waals surface area contributed by atoms with Crippen molar-refractivity contribution < 1.29 is 66.3 Å². The first-order chi connectivity index (χ1) is 28.3. The number of ether oxygens (including phenoxy) is 7. The van der Waals surface area contributed by atoms with E-state index >= 15 is 0 Å². The SMILES string of the molecule is C1CC2CCOC2O1.CC.CC(C)CN(CC(O)C(Cc1ccc(OCCCOC(=O)Oc2ccc([N+](=O)[O-])cc2)cc1)NC(=O)O)S(=O)(=O)c1ccc2c(c1)OCO2. The summed E-state index contributed by atoms with van der Waals surface area (Å²) in [5.74, 6) is 1.93. The predicted molar refractivity (Wildman–Crippen MR) is 212 cm³/mol. The molecule has 0 aliphatic carbocycles. The van der Waals surface area contributed by atoms with E-state index in [0.717, 1.165) is 23.4 Å². The normalized spacial score (nSPS) is 17.4. The molecule has 3 aliphatic heterocycles. The Bertz CT molecular complexity index is 1890. The number of carbonyl (C=O) groups is 2. The van der Waals surface area contributed by atoms with Crippen LogP contribution in [-0.4, -0.2) is 105 Å². The van der Waals surface area contributed by atoms with Gasteiger partial charge in [0.05, 0.1) is 48.4 Å². The van der Waals surface area contributed by atoms with Gasteiger partial charge in [0.2, 0.25) is 16.8 Å². The highest BCUT2D eigenvalue weighted by Gasteiger charge is 2.34. The summed E-state index contributed by atoms with van der Waals surface area (Å²) in [5, 5.41) is 33.7. The highest BCUT2D eigenvalue weighted by Crippen LogP contribution is 2.35. The molecule has 2 unspecified atom stereocenters. The maximum absolute atomic E-state index is 13.6. The lowest BCUT2D eigenvalue weighted by atomic mass is 10.0. The standard InChI is InChI=1S/C32H37N3O13S.C6H10O2.C2H6/c1-21(2)18-34(49(42,43)26-12-13-29-30(17-26)47-20-46-29)19-28(36)27(33-31(37)38)16-22-4-8-24(9-5-22)44-14-3-15-45-32(39)48-25-10-6-23(7-11-25)35(40)41;1-3-7-6-5(1)2-4-8-6;1-2/h4-13,17,21,27-28,33,36H,3,14-16,18-20H2,1-2H3,(H,37,38);5-6H,1-4H2;1-2H3. The van der Waals surface area contributed by atoms with Crippen molar-refractivity contribution in [1.82, 2.24) is 9.62 Å². The minimum Gasteiger partial charge on any atom is -0.493 e. The van der Waals surface area contributed by atoms with Gasteiger partial charge in [-0.15, -0.1) is 0 Å². The number of non-ortho nitro benzene ring substituents is 1. The van der Waals surface area contributed by atoms with Crippen molar-refractivity contribution in [2.75, 3.05) is 46.3 Å². The van der Waals surface area contributed by atoms with Gasteiger partial charge in [0.25, 0.3) is 5.69 Å². The Balaban J connectivity index is 0.000000669. The van der Waals surface area contributed by atoms with Crippen LogP contribution in [0.15, 0.2) is 71.6 Å². The number of nitrogens with one attached hydrogen (secondary N) is 1. The molecule has 6 rings (SSSR count). The second-order valence-electron chi connectivity index (χ2n) is 13.8. The molecular formula is C40H53N3O15S. The first-order valence-corrected chi connectivity index (χ1v) is 20.8. The summed E-state index contributed by atoms with van der Waals surface area (Å²) < 4.78 is 65.1. The Kier molecular flexibility index (Phi) is 18.0. The maximum Gasteiger partial charge on any atom is 0.513 e. The van der Waals surface area contributed by atoms with E-state index in [2.05, 4.69) is 5.32 Å². The molecule has 324 valence electrons. The molecule has 0 aromatic heterocycles. The van der Waals surface area contributed by atoms with Crippen LogP contribution in [0, 0.1) is 22.0 Å². The first-order valence-electron chi connectivity index (χ1n) is 19.4. The van der Waals surface area contributed by atoms with Crippen molar-refractivity contribution >= 4 is 28.0 Å². The van der Waals surface area contributed by atoms with Crippen LogP contribution >= 0.6 is 0 Å². The maximum atomic E-state index is 13.6. The zero-order chi connectivity index (χ0) is 43.0. The number of hydrogen-bond acceptors (Lipinski definition) is 14. The highest BCUT2D eigenvalue weighted by molar-refractivity contribution is 7.89. The van der Waals surface area contributed by atoms with Crippen LogP contribution in [0.4, 0.5) is 15.3 Å². The molecule has 2 fully saturated rings. The van der Waals surface area contributed by atoms with Gasteiger partial charge in [-0.2, -0.15) is 4.31 Å². The Labute approximate surface area is 343 Å². The molecule has 3 N–H and O–H groups in total. The van der Waals surface area contributed by atoms with E-state index in [4.69, 9.17) is 33.2 Å². The van der Waals surface area contributed by atoms with Crippen LogP contribution < -0.4 is 24.3 Å². The van der Waals surface area contributed by atoms with Gasteiger partial charge in [0.15, 0.2) is 17.8 Å². The molecule has 0 bridgehead atoms. The Hall–Kier alpha value is -5.21. The molecule has 0 spiro atoms. The number of nitro benzene ring substituents is 1. The van der Waals surface area contributed by atoms with Gasteiger partial charge in [0, 0.05) is 43.6 Å². The molecule has 0 radical (unpaired) electrons. The Morgan fingerprint density at radius 1 is 0.932 bits per heavy atom. The van der Waals surface area contributed by atoms with Crippen LogP contribution in [0.25, 0.3) is 0 Å². The fourth-order valence-electron chi connectivity index (χ4n) is 6.19. The number of hydrogen-bond donors (Lipinski definition) is 3. The predicted octanol–water partition coefficient (Wildman–Crippen LogP) is 5.99. The molecule has 0 saturated carbocycles. The highest BCUT2D eigenvalue weighted by atomic mass is 32.2. The van der Waals surface area contributed by atoms with Crippen LogP contribution in [0.2, 0.25) is 0 Å². The van der Waals surface area contributed by atoms with E-state index in [9.17, 15) is 38.3 Å². The summed E-state index contributed by atoms with van der Waals surface area (Å²) in [7, 11) is -4.10. The third-order valence-electron chi connectivity index (χ3n) is 9.05. The number of nitro groups is 1. The van der Waals surface area contributed by atoms with E-state index in [1.54, 1.807) is 24.3 Å². The molecular weight excluding hydrogens is 795 g/mol. The number of amides is 1. The molecule has 3 aromatic carbocycles. The number of sulfonamides is 1. The average Bonchev–Trinajstić information content (AvgIpc) is 3.98. The summed E-state index contributed by atoms with van der Waals surface area (Å²) in [5.41, 5.74) is 0.507. The topological polar surface area (TPSA) is 232 Å². The number of aliphatic hydroxyl groups excluding tert-OH is 1. The number of aliphatic hydroxyl groups is 1. The first kappa shape index (κ1) is 46.5. The lowest BCUT2D eigenvalue weighted by molar-refractivity contribution is -0.384. The van der Waals surface area contributed by atoms with E-state index in [0.29, 0.717) is 29.2 Å². The van der Waals surface area contributed by atoms with Crippen LogP contribution in [0.5, 0.6) is 23.0 Å². The summed E-state index contributed by atoms with van der Waals surface area (Å²) in [6.45, 7) is 9.34. The zero-order valence-electron chi connectivity index (χ0n) is 33.5. The van der Waals surface area contributed by atoms with Gasteiger partial charge < -0.3 is 48.7 Å². The summed E-state index contributed by atoms with van der Waals surface area (Å²) in [6, 6.07) is 14.8. The lowest BCUT2D eigenvalue weighted by Crippen LogP contribution is -2.50. The molecule has 19 heteroatoms. The number of rotatable bonds is 17. The molecule has 3 aromatic rings. The Morgan fingerprint density at radius 3 is 2.19 bits per heavy atom. The van der Waals surface area contributed by atoms with E-state index < -0.39 is 39.3 Å². The van der Waals surface area contributed by atoms with Crippen molar-refractivity contribution in [3.05, 3.63) is 82.4 Å². The van der Waals surface area contributed by atoms with Gasteiger partial charge in [-0.1, -0.05) is 39.8 Å². The van der Waals surface area contributed by atoms with Gasteiger partial charge in [-0.25, -0.2) is 18.0 Å². The molecule has 2 saturated heterocycles. The monoisotopic (exact) mass is 847 g/mol. The van der Waals surface area contributed by atoms with Gasteiger partial charge in [-0.3, -0.25) is 10.1 Å². The minimum atomic E-state index is -4.10. The summed E-state index contributed by atoms with van der Waals surface area (Å²) in [4.78, 5) is 33.6. The minimum absolute atomic E-state index is 0.0114. The number of carboxylic acid groups (broad SMARTS) is 1. The van der Waals surface area contributed by atoms with Crippen molar-refractivity contribution in [2.24, 2.45) is 11.8 Å². The van der Waals surface area contributed by atoms with Crippen LogP contribution in [0.1, 0.15) is 52.5 Å². The second kappa shape index (κ2) is 22.8.